The molecule has 0 bridgehead atoms. The van der Waals surface area contributed by atoms with E-state index in [4.69, 9.17) is 0 Å². The zero-order valence-electron chi connectivity index (χ0n) is 9.02. The monoisotopic (exact) mass is 181 g/mol. The molecule has 1 aromatic rings. The summed E-state index contributed by atoms with van der Waals surface area (Å²) in [7, 11) is 3.98. The van der Waals surface area contributed by atoms with Crippen LogP contribution in [0.25, 0.3) is 0 Å². The molecule has 0 saturated heterocycles. The molecular formula is C10H19N3. The van der Waals surface area contributed by atoms with Gasteiger partial charge in [-0.05, 0) is 26.0 Å². The van der Waals surface area contributed by atoms with Crippen molar-refractivity contribution in [2.24, 2.45) is 7.05 Å². The fraction of sp³-hybridized carbons (Fsp3) is 0.700. The van der Waals surface area contributed by atoms with E-state index in [0.29, 0.717) is 0 Å². The van der Waals surface area contributed by atoms with Crippen LogP contribution in [0.1, 0.15) is 30.3 Å². The smallest absolute Gasteiger partial charge is 0.0656 e. The van der Waals surface area contributed by atoms with Gasteiger partial charge in [0.25, 0.3) is 0 Å². The number of nitrogens with zero attached hydrogens (tertiary/aromatic N) is 2. The van der Waals surface area contributed by atoms with Gasteiger partial charge in [-0.1, -0.05) is 13.3 Å². The Balaban J connectivity index is 2.92. The van der Waals surface area contributed by atoms with Crippen LogP contribution in [0.5, 0.6) is 0 Å². The third-order valence-electron chi connectivity index (χ3n) is 2.36. The first kappa shape index (κ1) is 10.3. The first-order valence-corrected chi connectivity index (χ1v) is 4.86. The number of aryl methyl sites for hydroxylation is 2. The van der Waals surface area contributed by atoms with Gasteiger partial charge in [-0.15, -0.1) is 0 Å². The Morgan fingerprint density at radius 3 is 2.69 bits per heavy atom. The molecule has 1 N–H and O–H groups in total. The highest BCUT2D eigenvalue weighted by Gasteiger charge is 2.09. The average Bonchev–Trinajstić information content (AvgIpc) is 2.34. The summed E-state index contributed by atoms with van der Waals surface area (Å²) in [6.07, 6.45) is 2.25. The van der Waals surface area contributed by atoms with Gasteiger partial charge in [0.15, 0.2) is 0 Å². The quantitative estimate of drug-likeness (QED) is 0.761. The van der Waals surface area contributed by atoms with E-state index in [-0.39, 0.29) is 0 Å². The highest BCUT2D eigenvalue weighted by Crippen LogP contribution is 2.13. The minimum Gasteiger partial charge on any atom is -0.314 e. The van der Waals surface area contributed by atoms with Crippen molar-refractivity contribution in [1.29, 1.82) is 0 Å². The Labute approximate surface area is 80.1 Å². The second kappa shape index (κ2) is 4.42. The Morgan fingerprint density at radius 2 is 2.15 bits per heavy atom. The second-order valence-electron chi connectivity index (χ2n) is 3.42. The van der Waals surface area contributed by atoms with Crippen LogP contribution in [0, 0.1) is 6.92 Å². The van der Waals surface area contributed by atoms with E-state index in [2.05, 4.69) is 24.3 Å². The molecule has 0 saturated carbocycles. The Morgan fingerprint density at radius 1 is 1.46 bits per heavy atom. The molecule has 74 valence electrons. The van der Waals surface area contributed by atoms with Crippen LogP contribution in [0.15, 0.2) is 0 Å². The summed E-state index contributed by atoms with van der Waals surface area (Å²) < 4.78 is 1.98. The molecule has 0 amide bonds. The van der Waals surface area contributed by atoms with Crippen molar-refractivity contribution >= 4 is 0 Å². The van der Waals surface area contributed by atoms with Crippen molar-refractivity contribution in [3.63, 3.8) is 0 Å². The van der Waals surface area contributed by atoms with Crippen molar-refractivity contribution in [2.75, 3.05) is 7.05 Å². The molecule has 0 aliphatic heterocycles. The maximum absolute atomic E-state index is 4.50. The lowest BCUT2D eigenvalue weighted by Gasteiger charge is -2.01. The molecule has 1 aromatic heterocycles. The number of nitrogens with one attached hydrogen (secondary N) is 1. The second-order valence-corrected chi connectivity index (χ2v) is 3.42. The minimum atomic E-state index is 0.902. The van der Waals surface area contributed by atoms with Gasteiger partial charge < -0.3 is 5.32 Å². The standard InChI is InChI=1S/C10H19N3/c1-5-6-9-8(2)10(7-11-3)13(4)12-9/h11H,5-7H2,1-4H3. The largest absolute Gasteiger partial charge is 0.314 e. The summed E-state index contributed by atoms with van der Waals surface area (Å²) in [5.74, 6) is 0. The van der Waals surface area contributed by atoms with Crippen molar-refractivity contribution < 1.29 is 0 Å². The molecule has 3 nitrogen and oxygen atoms in total. The first-order chi connectivity index (χ1) is 6.20. The van der Waals surface area contributed by atoms with Crippen molar-refractivity contribution in [3.05, 3.63) is 17.0 Å². The first-order valence-electron chi connectivity index (χ1n) is 4.86. The van der Waals surface area contributed by atoms with E-state index >= 15 is 0 Å². The highest BCUT2D eigenvalue weighted by molar-refractivity contribution is 5.24. The Hall–Kier alpha value is -0.830. The minimum absolute atomic E-state index is 0.902. The van der Waals surface area contributed by atoms with Gasteiger partial charge in [-0.25, -0.2) is 0 Å². The van der Waals surface area contributed by atoms with Crippen molar-refractivity contribution in [2.45, 2.75) is 33.2 Å². The normalized spacial score (nSPS) is 10.8. The number of hydrogen-bond acceptors (Lipinski definition) is 2. The number of rotatable bonds is 4. The van der Waals surface area contributed by atoms with Crippen LogP contribution >= 0.6 is 0 Å². The Bertz CT molecular complexity index is 276. The molecule has 0 unspecified atom stereocenters. The fourth-order valence-electron chi connectivity index (χ4n) is 1.61. The lowest BCUT2D eigenvalue weighted by molar-refractivity contribution is 0.661. The summed E-state index contributed by atoms with van der Waals surface area (Å²) in [6.45, 7) is 5.25. The molecule has 0 aromatic carbocycles. The molecule has 0 fully saturated rings. The van der Waals surface area contributed by atoms with Crippen LogP contribution < -0.4 is 5.32 Å². The zero-order valence-corrected chi connectivity index (χ0v) is 9.02. The topological polar surface area (TPSA) is 29.9 Å². The van der Waals surface area contributed by atoms with Gasteiger partial charge in [0, 0.05) is 13.6 Å². The third kappa shape index (κ3) is 2.10. The van der Waals surface area contributed by atoms with Crippen molar-refractivity contribution in [1.82, 2.24) is 15.1 Å². The molecule has 0 spiro atoms. The van der Waals surface area contributed by atoms with E-state index in [1.807, 2.05) is 18.8 Å². The number of aromatic nitrogens is 2. The van der Waals surface area contributed by atoms with E-state index in [1.54, 1.807) is 0 Å². The molecule has 1 rings (SSSR count). The molecule has 0 aliphatic rings. The van der Waals surface area contributed by atoms with E-state index in [0.717, 1.165) is 19.4 Å². The predicted octanol–water partition coefficient (Wildman–Crippen LogP) is 1.40. The molecular weight excluding hydrogens is 162 g/mol. The van der Waals surface area contributed by atoms with Gasteiger partial charge in [-0.2, -0.15) is 5.10 Å². The summed E-state index contributed by atoms with van der Waals surface area (Å²) in [4.78, 5) is 0. The van der Waals surface area contributed by atoms with Crippen molar-refractivity contribution in [3.8, 4) is 0 Å². The van der Waals surface area contributed by atoms with Gasteiger partial charge in [-0.3, -0.25) is 4.68 Å². The summed E-state index contributed by atoms with van der Waals surface area (Å²) in [6, 6.07) is 0. The average molecular weight is 181 g/mol. The SMILES string of the molecule is CCCc1nn(C)c(CNC)c1C. The van der Waals surface area contributed by atoms with Gasteiger partial charge in [0.1, 0.15) is 0 Å². The molecule has 3 heteroatoms. The lowest BCUT2D eigenvalue weighted by Crippen LogP contribution is -2.10. The predicted molar refractivity (Wildman–Crippen MR) is 54.7 cm³/mol. The lowest BCUT2D eigenvalue weighted by atomic mass is 10.1. The van der Waals surface area contributed by atoms with Crippen LogP contribution in [0.4, 0.5) is 0 Å². The molecule has 1 heterocycles. The van der Waals surface area contributed by atoms with Crippen LogP contribution in [-0.2, 0) is 20.0 Å². The van der Waals surface area contributed by atoms with Crippen LogP contribution in [-0.4, -0.2) is 16.8 Å². The Kier molecular flexibility index (Phi) is 3.48. The zero-order chi connectivity index (χ0) is 9.84. The van der Waals surface area contributed by atoms with Gasteiger partial charge >= 0.3 is 0 Å². The summed E-state index contributed by atoms with van der Waals surface area (Å²) >= 11 is 0. The van der Waals surface area contributed by atoms with Crippen LogP contribution in [0.2, 0.25) is 0 Å². The summed E-state index contributed by atoms with van der Waals surface area (Å²) in [5.41, 5.74) is 3.89. The van der Waals surface area contributed by atoms with Gasteiger partial charge in [0.2, 0.25) is 0 Å². The van der Waals surface area contributed by atoms with E-state index < -0.39 is 0 Å². The van der Waals surface area contributed by atoms with Gasteiger partial charge in [0.05, 0.1) is 11.4 Å². The molecule has 0 aliphatic carbocycles. The summed E-state index contributed by atoms with van der Waals surface area (Å²) in [5, 5.41) is 7.66. The van der Waals surface area contributed by atoms with Crippen LogP contribution in [0.3, 0.4) is 0 Å². The fourth-order valence-corrected chi connectivity index (χ4v) is 1.61. The molecule has 13 heavy (non-hydrogen) atoms. The van der Waals surface area contributed by atoms with E-state index in [1.165, 1.54) is 17.0 Å². The third-order valence-corrected chi connectivity index (χ3v) is 2.36. The maximum atomic E-state index is 4.50. The molecule has 0 radical (unpaired) electrons. The van der Waals surface area contributed by atoms with E-state index in [9.17, 15) is 0 Å². The highest BCUT2D eigenvalue weighted by atomic mass is 15.3. The number of hydrogen-bond donors (Lipinski definition) is 1. The molecule has 0 atom stereocenters. The maximum Gasteiger partial charge on any atom is 0.0656 e.